The number of ether oxygens (including phenoxy) is 2. The quantitative estimate of drug-likeness (QED) is 0.598. The molecule has 0 aliphatic rings. The predicted molar refractivity (Wildman–Crippen MR) is 112 cm³/mol. The number of benzene rings is 1. The minimum atomic E-state index is -1.49. The zero-order chi connectivity index (χ0) is 20.4. The smallest absolute Gasteiger partial charge is 0.412 e. The molecule has 27 heavy (non-hydrogen) atoms. The fourth-order valence-corrected chi connectivity index (χ4v) is 4.40. The molecule has 0 spiro atoms. The van der Waals surface area contributed by atoms with Crippen LogP contribution in [0.15, 0.2) is 24.3 Å². The van der Waals surface area contributed by atoms with Gasteiger partial charge in [0.05, 0.1) is 15.2 Å². The van der Waals surface area contributed by atoms with Crippen LogP contribution in [0, 0.1) is 0 Å². The summed E-state index contributed by atoms with van der Waals surface area (Å²) in [6.45, 7) is 12.1. The van der Waals surface area contributed by atoms with Crippen LogP contribution >= 0.6 is 11.3 Å². The number of nitrogens with zero attached hydrogens (tertiary/aromatic N) is 1. The second-order valence-corrected chi connectivity index (χ2v) is 14.2. The molecular weight excluding hydrogens is 380 g/mol. The van der Waals surface area contributed by atoms with Crippen molar-refractivity contribution in [3.63, 3.8) is 0 Å². The standard InChI is InChI=1S/C19H26N2O4SSi/c1-19(2,3)25-18(23)21-16-14(17(22)24-4)20-15(26-16)12-9-8-10-13(11-12)27(5,6)7/h8-11H,1-7H3,(H,21,23). The van der Waals surface area contributed by atoms with Gasteiger partial charge in [0.2, 0.25) is 0 Å². The number of hydrogen-bond donors (Lipinski definition) is 1. The Bertz CT molecular complexity index is 850. The van der Waals surface area contributed by atoms with E-state index in [9.17, 15) is 9.59 Å². The molecule has 1 N–H and O–H groups in total. The van der Waals surface area contributed by atoms with Crippen molar-refractivity contribution in [2.75, 3.05) is 12.4 Å². The molecule has 0 radical (unpaired) electrons. The minimum Gasteiger partial charge on any atom is -0.464 e. The van der Waals surface area contributed by atoms with Crippen molar-refractivity contribution < 1.29 is 19.1 Å². The van der Waals surface area contributed by atoms with Crippen LogP contribution in [0.3, 0.4) is 0 Å². The van der Waals surface area contributed by atoms with Crippen molar-refractivity contribution in [3.05, 3.63) is 30.0 Å². The van der Waals surface area contributed by atoms with Gasteiger partial charge in [0.15, 0.2) is 5.69 Å². The van der Waals surface area contributed by atoms with E-state index < -0.39 is 25.7 Å². The van der Waals surface area contributed by atoms with Gasteiger partial charge in [0.1, 0.15) is 15.6 Å². The Morgan fingerprint density at radius 2 is 1.85 bits per heavy atom. The summed E-state index contributed by atoms with van der Waals surface area (Å²) in [6, 6.07) is 8.15. The highest BCUT2D eigenvalue weighted by Gasteiger charge is 2.24. The number of carbonyl (C=O) groups excluding carboxylic acids is 2. The maximum absolute atomic E-state index is 12.1. The average Bonchev–Trinajstić information content (AvgIpc) is 2.95. The van der Waals surface area contributed by atoms with Gasteiger partial charge < -0.3 is 9.47 Å². The first-order valence-corrected chi connectivity index (χ1v) is 12.9. The Labute approximate surface area is 164 Å². The zero-order valence-electron chi connectivity index (χ0n) is 16.8. The van der Waals surface area contributed by atoms with Crippen LogP contribution in [-0.4, -0.2) is 37.8 Å². The number of hydrogen-bond acceptors (Lipinski definition) is 6. The average molecular weight is 407 g/mol. The van der Waals surface area contributed by atoms with Crippen LogP contribution in [-0.2, 0) is 9.47 Å². The molecular formula is C19H26N2O4SSi. The molecule has 1 aromatic carbocycles. The molecule has 2 aromatic rings. The highest BCUT2D eigenvalue weighted by Crippen LogP contribution is 2.33. The van der Waals surface area contributed by atoms with Crippen LogP contribution < -0.4 is 10.5 Å². The first kappa shape index (κ1) is 21.1. The van der Waals surface area contributed by atoms with E-state index in [1.54, 1.807) is 20.8 Å². The summed E-state index contributed by atoms with van der Waals surface area (Å²) in [5.41, 5.74) is 0.332. The molecule has 146 valence electrons. The Balaban J connectivity index is 2.41. The van der Waals surface area contributed by atoms with Gasteiger partial charge in [-0.05, 0) is 20.8 Å². The summed E-state index contributed by atoms with van der Waals surface area (Å²) < 4.78 is 10.1. The topological polar surface area (TPSA) is 77.5 Å². The fraction of sp³-hybridized carbons (Fsp3) is 0.421. The Hall–Kier alpha value is -2.19. The van der Waals surface area contributed by atoms with E-state index >= 15 is 0 Å². The third-order valence-corrected chi connectivity index (χ3v) is 6.66. The molecule has 0 aliphatic carbocycles. The monoisotopic (exact) mass is 406 g/mol. The summed E-state index contributed by atoms with van der Waals surface area (Å²) >= 11 is 1.22. The van der Waals surface area contributed by atoms with Crippen molar-refractivity contribution in [1.29, 1.82) is 0 Å². The molecule has 0 saturated heterocycles. The molecule has 1 amide bonds. The largest absolute Gasteiger partial charge is 0.464 e. The Morgan fingerprint density at radius 1 is 1.19 bits per heavy atom. The van der Waals surface area contributed by atoms with E-state index in [-0.39, 0.29) is 5.69 Å². The lowest BCUT2D eigenvalue weighted by atomic mass is 10.2. The molecule has 0 unspecified atom stereocenters. The minimum absolute atomic E-state index is 0.0711. The van der Waals surface area contributed by atoms with Gasteiger partial charge in [0.25, 0.3) is 0 Å². The third-order valence-electron chi connectivity index (χ3n) is 3.60. The highest BCUT2D eigenvalue weighted by atomic mass is 32.1. The summed E-state index contributed by atoms with van der Waals surface area (Å²) in [7, 11) is -0.208. The second kappa shape index (κ2) is 7.81. The van der Waals surface area contributed by atoms with Gasteiger partial charge in [-0.15, -0.1) is 0 Å². The first-order valence-electron chi connectivity index (χ1n) is 8.61. The van der Waals surface area contributed by atoms with E-state index in [1.807, 2.05) is 12.1 Å². The van der Waals surface area contributed by atoms with Crippen molar-refractivity contribution in [2.45, 2.75) is 46.0 Å². The predicted octanol–water partition coefficient (Wildman–Crippen LogP) is 4.49. The molecule has 0 saturated carbocycles. The molecule has 1 heterocycles. The summed E-state index contributed by atoms with van der Waals surface area (Å²) in [6.07, 6.45) is -0.640. The summed E-state index contributed by atoms with van der Waals surface area (Å²) in [5, 5.41) is 4.86. The first-order chi connectivity index (χ1) is 12.4. The second-order valence-electron chi connectivity index (χ2n) is 8.15. The van der Waals surface area contributed by atoms with Crippen molar-refractivity contribution in [3.8, 4) is 10.6 Å². The number of amides is 1. The third kappa shape index (κ3) is 5.64. The van der Waals surface area contributed by atoms with E-state index in [0.717, 1.165) is 5.56 Å². The van der Waals surface area contributed by atoms with Crippen LogP contribution in [0.4, 0.5) is 9.80 Å². The molecule has 0 atom stereocenters. The lowest BCUT2D eigenvalue weighted by Crippen LogP contribution is -2.37. The Kier molecular flexibility index (Phi) is 6.11. The van der Waals surface area contributed by atoms with Crippen LogP contribution in [0.2, 0.25) is 19.6 Å². The summed E-state index contributed by atoms with van der Waals surface area (Å²) in [4.78, 5) is 28.6. The number of aromatic nitrogens is 1. The van der Waals surface area contributed by atoms with E-state index in [1.165, 1.54) is 23.6 Å². The van der Waals surface area contributed by atoms with Crippen molar-refractivity contribution in [2.24, 2.45) is 0 Å². The number of anilines is 1. The number of thiazole rings is 1. The molecule has 0 bridgehead atoms. The van der Waals surface area contributed by atoms with Crippen molar-refractivity contribution >= 4 is 41.7 Å². The molecule has 1 aromatic heterocycles. The maximum atomic E-state index is 12.1. The van der Waals surface area contributed by atoms with Gasteiger partial charge in [0, 0.05) is 5.56 Å². The van der Waals surface area contributed by atoms with Crippen LogP contribution in [0.1, 0.15) is 31.3 Å². The lowest BCUT2D eigenvalue weighted by Gasteiger charge is -2.19. The van der Waals surface area contributed by atoms with Crippen LogP contribution in [0.25, 0.3) is 10.6 Å². The van der Waals surface area contributed by atoms with Crippen molar-refractivity contribution in [1.82, 2.24) is 4.98 Å². The molecule has 6 nitrogen and oxygen atoms in total. The highest BCUT2D eigenvalue weighted by molar-refractivity contribution is 7.19. The molecule has 2 rings (SSSR count). The normalized spacial score (nSPS) is 11.8. The Morgan fingerprint density at radius 3 is 2.41 bits per heavy atom. The lowest BCUT2D eigenvalue weighted by molar-refractivity contribution is 0.0596. The molecule has 0 fully saturated rings. The SMILES string of the molecule is COC(=O)c1nc(-c2cccc([Si](C)(C)C)c2)sc1NC(=O)OC(C)(C)C. The zero-order valence-corrected chi connectivity index (χ0v) is 18.6. The van der Waals surface area contributed by atoms with E-state index in [4.69, 9.17) is 9.47 Å². The number of nitrogens with one attached hydrogen (secondary N) is 1. The fourth-order valence-electron chi connectivity index (χ4n) is 2.28. The molecule has 0 aliphatic heterocycles. The maximum Gasteiger partial charge on any atom is 0.412 e. The number of rotatable bonds is 4. The van der Waals surface area contributed by atoms with E-state index in [0.29, 0.717) is 10.0 Å². The van der Waals surface area contributed by atoms with E-state index in [2.05, 4.69) is 42.1 Å². The number of carbonyl (C=O) groups is 2. The van der Waals surface area contributed by atoms with Crippen LogP contribution in [0.5, 0.6) is 0 Å². The number of methoxy groups -OCH3 is 1. The van der Waals surface area contributed by atoms with Gasteiger partial charge in [-0.2, -0.15) is 0 Å². The van der Waals surface area contributed by atoms with Gasteiger partial charge in [-0.1, -0.05) is 60.4 Å². The molecule has 8 heteroatoms. The van der Waals surface area contributed by atoms with Gasteiger partial charge in [-0.3, -0.25) is 5.32 Å². The summed E-state index contributed by atoms with van der Waals surface area (Å²) in [5.74, 6) is -0.607. The number of esters is 1. The van der Waals surface area contributed by atoms with Gasteiger partial charge in [-0.25, -0.2) is 14.6 Å². The van der Waals surface area contributed by atoms with Gasteiger partial charge >= 0.3 is 12.1 Å².